The van der Waals surface area contributed by atoms with Gasteiger partial charge in [0.1, 0.15) is 11.0 Å². The van der Waals surface area contributed by atoms with E-state index in [1.807, 2.05) is 6.07 Å². The first kappa shape index (κ1) is 15.5. The number of hydrogen-bond donors (Lipinski definition) is 1. The molecule has 0 bridgehead atoms. The Morgan fingerprint density at radius 3 is 2.90 bits per heavy atom. The van der Waals surface area contributed by atoms with E-state index in [1.54, 1.807) is 18.2 Å². The van der Waals surface area contributed by atoms with Crippen molar-refractivity contribution < 1.29 is 9.72 Å². The SMILES string of the molecule is O=C(Cn1cc(Br)c([N+](=O)[O-])n1)NCc1cccc(Cl)c1. The predicted molar refractivity (Wildman–Crippen MR) is 79.9 cm³/mol. The van der Waals surface area contributed by atoms with Crippen LogP contribution >= 0.6 is 27.5 Å². The second-order valence-corrected chi connectivity index (χ2v) is 5.45. The largest absolute Gasteiger partial charge is 0.404 e. The summed E-state index contributed by atoms with van der Waals surface area (Å²) in [6, 6.07) is 7.11. The van der Waals surface area contributed by atoms with E-state index in [0.29, 0.717) is 11.6 Å². The van der Waals surface area contributed by atoms with Gasteiger partial charge in [0.05, 0.1) is 11.3 Å². The van der Waals surface area contributed by atoms with E-state index >= 15 is 0 Å². The normalized spacial score (nSPS) is 10.4. The third-order valence-electron chi connectivity index (χ3n) is 2.56. The molecule has 110 valence electrons. The minimum atomic E-state index is -0.621. The van der Waals surface area contributed by atoms with Crippen molar-refractivity contribution in [2.45, 2.75) is 13.1 Å². The number of hydrogen-bond acceptors (Lipinski definition) is 4. The quantitative estimate of drug-likeness (QED) is 0.644. The highest BCUT2D eigenvalue weighted by atomic mass is 79.9. The Bertz CT molecular complexity index is 689. The van der Waals surface area contributed by atoms with E-state index in [0.717, 1.165) is 5.56 Å². The van der Waals surface area contributed by atoms with Gasteiger partial charge in [-0.1, -0.05) is 23.7 Å². The van der Waals surface area contributed by atoms with Crippen LogP contribution < -0.4 is 5.32 Å². The van der Waals surface area contributed by atoms with E-state index in [-0.39, 0.29) is 22.7 Å². The number of carbonyl (C=O) groups excluding carboxylic acids is 1. The number of rotatable bonds is 5. The molecule has 1 N–H and O–H groups in total. The first-order chi connectivity index (χ1) is 9.95. The molecule has 0 radical (unpaired) electrons. The van der Waals surface area contributed by atoms with Crippen molar-refractivity contribution in [3.63, 3.8) is 0 Å². The third kappa shape index (κ3) is 4.27. The second-order valence-electron chi connectivity index (χ2n) is 4.16. The van der Waals surface area contributed by atoms with Crippen molar-refractivity contribution in [1.29, 1.82) is 0 Å². The molecule has 0 saturated heterocycles. The number of halogens is 2. The van der Waals surface area contributed by atoms with E-state index in [9.17, 15) is 14.9 Å². The minimum Gasteiger partial charge on any atom is -0.358 e. The van der Waals surface area contributed by atoms with Crippen LogP contribution in [0.4, 0.5) is 5.82 Å². The molecule has 2 rings (SSSR count). The molecule has 1 heterocycles. The standard InChI is InChI=1S/C12H10BrClN4O3/c13-10-6-17(16-12(10)18(20)21)7-11(19)15-5-8-2-1-3-9(14)4-8/h1-4,6H,5,7H2,(H,15,19). The molecule has 1 amide bonds. The number of benzene rings is 1. The van der Waals surface area contributed by atoms with Gasteiger partial charge in [0.25, 0.3) is 0 Å². The van der Waals surface area contributed by atoms with Crippen molar-refractivity contribution in [2.24, 2.45) is 0 Å². The van der Waals surface area contributed by atoms with Gasteiger partial charge in [0.2, 0.25) is 5.91 Å². The van der Waals surface area contributed by atoms with E-state index < -0.39 is 4.92 Å². The molecule has 0 aliphatic carbocycles. The summed E-state index contributed by atoms with van der Waals surface area (Å²) < 4.78 is 1.44. The van der Waals surface area contributed by atoms with Crippen molar-refractivity contribution in [1.82, 2.24) is 15.1 Å². The second kappa shape index (κ2) is 6.68. The fraction of sp³-hybridized carbons (Fsp3) is 0.167. The summed E-state index contributed by atoms with van der Waals surface area (Å²) >= 11 is 8.86. The molecular formula is C12H10BrClN4O3. The lowest BCUT2D eigenvalue weighted by atomic mass is 10.2. The summed E-state index contributed by atoms with van der Waals surface area (Å²) in [7, 11) is 0. The first-order valence-electron chi connectivity index (χ1n) is 5.84. The first-order valence-corrected chi connectivity index (χ1v) is 7.01. The Labute approximate surface area is 133 Å². The average molecular weight is 374 g/mol. The molecular weight excluding hydrogens is 364 g/mol. The molecule has 0 aliphatic rings. The number of amides is 1. The molecule has 0 aliphatic heterocycles. The Morgan fingerprint density at radius 2 is 2.29 bits per heavy atom. The molecule has 0 spiro atoms. The van der Waals surface area contributed by atoms with Crippen molar-refractivity contribution >= 4 is 39.3 Å². The maximum absolute atomic E-state index is 11.8. The van der Waals surface area contributed by atoms with Gasteiger partial charge in [0.15, 0.2) is 0 Å². The third-order valence-corrected chi connectivity index (χ3v) is 3.35. The van der Waals surface area contributed by atoms with Crippen LogP contribution in [0.5, 0.6) is 0 Å². The highest BCUT2D eigenvalue weighted by Crippen LogP contribution is 2.21. The van der Waals surface area contributed by atoms with Crippen LogP contribution in [0.25, 0.3) is 0 Å². The van der Waals surface area contributed by atoms with Crippen molar-refractivity contribution in [2.75, 3.05) is 0 Å². The van der Waals surface area contributed by atoms with Crippen LogP contribution in [-0.4, -0.2) is 20.6 Å². The van der Waals surface area contributed by atoms with Gasteiger partial charge in [-0.2, -0.15) is 4.68 Å². The van der Waals surface area contributed by atoms with Crippen LogP contribution in [0, 0.1) is 10.1 Å². The fourth-order valence-corrected chi connectivity index (χ4v) is 2.32. The molecule has 2 aromatic rings. The summed E-state index contributed by atoms with van der Waals surface area (Å²) in [5.41, 5.74) is 0.864. The van der Waals surface area contributed by atoms with Crippen LogP contribution in [0.15, 0.2) is 34.9 Å². The van der Waals surface area contributed by atoms with Crippen molar-refractivity contribution in [3.05, 3.63) is 55.6 Å². The number of aromatic nitrogens is 2. The molecule has 21 heavy (non-hydrogen) atoms. The summed E-state index contributed by atoms with van der Waals surface area (Å²) in [5, 5.41) is 17.6. The smallest absolute Gasteiger partial charge is 0.358 e. The lowest BCUT2D eigenvalue weighted by Crippen LogP contribution is -2.27. The van der Waals surface area contributed by atoms with E-state index in [4.69, 9.17) is 11.6 Å². The zero-order valence-corrected chi connectivity index (χ0v) is 13.0. The Morgan fingerprint density at radius 1 is 1.52 bits per heavy atom. The summed E-state index contributed by atoms with van der Waals surface area (Å²) in [6.07, 6.45) is 1.39. The van der Waals surface area contributed by atoms with Gasteiger partial charge < -0.3 is 15.4 Å². The molecule has 1 aromatic heterocycles. The van der Waals surface area contributed by atoms with Crippen LogP contribution in [0.2, 0.25) is 5.02 Å². The molecule has 7 nitrogen and oxygen atoms in total. The van der Waals surface area contributed by atoms with Gasteiger partial charge in [-0.25, -0.2) is 0 Å². The molecule has 0 unspecified atom stereocenters. The monoisotopic (exact) mass is 372 g/mol. The number of carbonyl (C=O) groups is 1. The fourth-order valence-electron chi connectivity index (χ4n) is 1.64. The van der Waals surface area contributed by atoms with Crippen molar-refractivity contribution in [3.8, 4) is 0 Å². The topological polar surface area (TPSA) is 90.1 Å². The molecule has 0 atom stereocenters. The van der Waals surface area contributed by atoms with Gasteiger partial charge in [-0.3, -0.25) is 4.79 Å². The molecule has 0 saturated carbocycles. The lowest BCUT2D eigenvalue weighted by Gasteiger charge is -2.04. The van der Waals surface area contributed by atoms with Crippen LogP contribution in [-0.2, 0) is 17.9 Å². The predicted octanol–water partition coefficient (Wildman–Crippen LogP) is 2.52. The molecule has 9 heteroatoms. The number of nitrogens with zero attached hydrogens (tertiary/aromatic N) is 3. The Balaban J connectivity index is 1.93. The minimum absolute atomic E-state index is 0.104. The Hall–Kier alpha value is -1.93. The van der Waals surface area contributed by atoms with Gasteiger partial charge >= 0.3 is 5.82 Å². The van der Waals surface area contributed by atoms with E-state index in [1.165, 1.54) is 10.9 Å². The zero-order valence-electron chi connectivity index (χ0n) is 10.6. The van der Waals surface area contributed by atoms with Gasteiger partial charge in [-0.15, -0.1) is 0 Å². The molecule has 1 aromatic carbocycles. The lowest BCUT2D eigenvalue weighted by molar-refractivity contribution is -0.390. The van der Waals surface area contributed by atoms with Crippen LogP contribution in [0.1, 0.15) is 5.56 Å². The summed E-state index contributed by atoms with van der Waals surface area (Å²) in [6.45, 7) is 0.219. The van der Waals surface area contributed by atoms with E-state index in [2.05, 4.69) is 26.3 Å². The Kier molecular flexibility index (Phi) is 4.92. The highest BCUT2D eigenvalue weighted by molar-refractivity contribution is 9.10. The molecule has 0 fully saturated rings. The van der Waals surface area contributed by atoms with Crippen LogP contribution in [0.3, 0.4) is 0 Å². The zero-order chi connectivity index (χ0) is 15.4. The van der Waals surface area contributed by atoms with Gasteiger partial charge in [0, 0.05) is 11.6 Å². The van der Waals surface area contributed by atoms with Gasteiger partial charge in [-0.05, 0) is 38.5 Å². The summed E-state index contributed by atoms with van der Waals surface area (Å²) in [4.78, 5) is 21.8. The summed E-state index contributed by atoms with van der Waals surface area (Å²) in [5.74, 6) is -0.627. The maximum Gasteiger partial charge on any atom is 0.404 e. The maximum atomic E-state index is 11.8. The number of nitrogens with one attached hydrogen (secondary N) is 1. The number of nitro groups is 1. The average Bonchev–Trinajstić information content (AvgIpc) is 2.77. The highest BCUT2D eigenvalue weighted by Gasteiger charge is 2.19.